The van der Waals surface area contributed by atoms with E-state index < -0.39 is 17.5 Å². The lowest BCUT2D eigenvalue weighted by atomic mass is 10.2. The summed E-state index contributed by atoms with van der Waals surface area (Å²) in [6, 6.07) is 8.89. The molecule has 0 saturated carbocycles. The molecule has 0 N–H and O–H groups in total. The van der Waals surface area contributed by atoms with Crippen LogP contribution in [0.1, 0.15) is 11.8 Å². The maximum atomic E-state index is 13.7. The quantitative estimate of drug-likeness (QED) is 0.552. The summed E-state index contributed by atoms with van der Waals surface area (Å²) < 4.78 is 50.7. The third-order valence-electron chi connectivity index (χ3n) is 3.46. The summed E-state index contributed by atoms with van der Waals surface area (Å²) >= 11 is 0. The molecule has 0 atom stereocenters. The zero-order chi connectivity index (χ0) is 18.1. The normalized spacial score (nSPS) is 11.0. The average Bonchev–Trinajstić information content (AvgIpc) is 3.24. The predicted molar refractivity (Wildman–Crippen MR) is 82.1 cm³/mol. The second kappa shape index (κ2) is 6.43. The summed E-state index contributed by atoms with van der Waals surface area (Å²) in [4.78, 5) is 4.08. The van der Waals surface area contributed by atoms with Gasteiger partial charge in [-0.3, -0.25) is 0 Å². The highest BCUT2D eigenvalue weighted by molar-refractivity contribution is 5.55. The first-order valence-corrected chi connectivity index (χ1v) is 7.45. The van der Waals surface area contributed by atoms with Crippen molar-refractivity contribution in [1.82, 2.24) is 20.3 Å². The molecule has 6 nitrogen and oxygen atoms in total. The second-order valence-electron chi connectivity index (χ2n) is 5.33. The van der Waals surface area contributed by atoms with Gasteiger partial charge in [-0.05, 0) is 24.3 Å². The van der Waals surface area contributed by atoms with Gasteiger partial charge < -0.3 is 8.94 Å². The lowest BCUT2D eigenvalue weighted by Crippen LogP contribution is -1.90. The number of nitrogens with zero attached hydrogens (tertiary/aromatic N) is 4. The van der Waals surface area contributed by atoms with Crippen LogP contribution in [0.15, 0.2) is 51.4 Å². The van der Waals surface area contributed by atoms with Crippen molar-refractivity contribution in [1.29, 1.82) is 0 Å². The Bertz CT molecular complexity index is 1060. The molecule has 0 aliphatic carbocycles. The minimum atomic E-state index is -0.758. The van der Waals surface area contributed by atoms with Gasteiger partial charge in [0.15, 0.2) is 0 Å². The first-order valence-electron chi connectivity index (χ1n) is 7.45. The van der Waals surface area contributed by atoms with Crippen molar-refractivity contribution in [3.05, 3.63) is 71.7 Å². The van der Waals surface area contributed by atoms with Crippen molar-refractivity contribution in [3.8, 4) is 22.8 Å². The SMILES string of the molecule is Fc1cc(F)cc(-c2nnc(Cc3nc(-c4ccccc4F)no3)o2)c1. The summed E-state index contributed by atoms with van der Waals surface area (Å²) in [6.45, 7) is 0. The zero-order valence-electron chi connectivity index (χ0n) is 13.0. The lowest BCUT2D eigenvalue weighted by Gasteiger charge is -1.96. The molecule has 0 saturated heterocycles. The number of rotatable bonds is 4. The highest BCUT2D eigenvalue weighted by Crippen LogP contribution is 2.23. The van der Waals surface area contributed by atoms with Gasteiger partial charge in [-0.2, -0.15) is 4.98 Å². The minimum absolute atomic E-state index is 0.00769. The first kappa shape index (κ1) is 16.0. The fourth-order valence-corrected chi connectivity index (χ4v) is 2.33. The Labute approximate surface area is 144 Å². The largest absolute Gasteiger partial charge is 0.420 e. The number of hydrogen-bond donors (Lipinski definition) is 0. The highest BCUT2D eigenvalue weighted by Gasteiger charge is 2.16. The predicted octanol–water partition coefficient (Wildman–Crippen LogP) is 3.79. The van der Waals surface area contributed by atoms with Crippen LogP contribution in [-0.2, 0) is 6.42 Å². The van der Waals surface area contributed by atoms with Gasteiger partial charge in [-0.25, -0.2) is 13.2 Å². The number of halogens is 3. The second-order valence-corrected chi connectivity index (χ2v) is 5.33. The van der Waals surface area contributed by atoms with Gasteiger partial charge in [-0.1, -0.05) is 17.3 Å². The van der Waals surface area contributed by atoms with Gasteiger partial charge in [0.05, 0.1) is 5.56 Å². The summed E-state index contributed by atoms with van der Waals surface area (Å²) in [7, 11) is 0. The van der Waals surface area contributed by atoms with E-state index in [0.717, 1.165) is 18.2 Å². The molecule has 0 fully saturated rings. The zero-order valence-corrected chi connectivity index (χ0v) is 13.0. The molecule has 9 heteroatoms. The molecule has 0 amide bonds. The average molecular weight is 358 g/mol. The summed E-state index contributed by atoms with van der Waals surface area (Å²) in [5, 5.41) is 11.2. The van der Waals surface area contributed by atoms with E-state index in [1.54, 1.807) is 12.1 Å². The summed E-state index contributed by atoms with van der Waals surface area (Å²) in [5.74, 6) is -1.72. The third-order valence-corrected chi connectivity index (χ3v) is 3.46. The molecule has 0 radical (unpaired) electrons. The van der Waals surface area contributed by atoms with Crippen LogP contribution in [0.25, 0.3) is 22.8 Å². The molecule has 2 aromatic heterocycles. The smallest absolute Gasteiger partial charge is 0.247 e. The molecule has 4 aromatic rings. The molecule has 0 aliphatic heterocycles. The van der Waals surface area contributed by atoms with Crippen LogP contribution in [-0.4, -0.2) is 20.3 Å². The number of benzene rings is 2. The van der Waals surface area contributed by atoms with E-state index in [1.165, 1.54) is 12.1 Å². The molecule has 2 heterocycles. The van der Waals surface area contributed by atoms with Crippen LogP contribution in [0.5, 0.6) is 0 Å². The summed E-state index contributed by atoms with van der Waals surface area (Å²) in [5.41, 5.74) is 0.308. The van der Waals surface area contributed by atoms with Gasteiger partial charge in [0, 0.05) is 11.6 Å². The first-order chi connectivity index (χ1) is 12.6. The van der Waals surface area contributed by atoms with Crippen LogP contribution in [0, 0.1) is 17.5 Å². The fourth-order valence-electron chi connectivity index (χ4n) is 2.33. The van der Waals surface area contributed by atoms with E-state index in [-0.39, 0.29) is 41.0 Å². The Morgan fingerprint density at radius 3 is 2.42 bits per heavy atom. The van der Waals surface area contributed by atoms with E-state index in [4.69, 9.17) is 8.94 Å². The summed E-state index contributed by atoms with van der Waals surface area (Å²) in [6.07, 6.45) is -0.00769. The molecule has 4 rings (SSSR count). The van der Waals surface area contributed by atoms with E-state index >= 15 is 0 Å². The molecular formula is C17H9F3N4O2. The van der Waals surface area contributed by atoms with Crippen LogP contribution >= 0.6 is 0 Å². The Kier molecular flexibility index (Phi) is 3.96. The van der Waals surface area contributed by atoms with Gasteiger partial charge >= 0.3 is 0 Å². The number of hydrogen-bond acceptors (Lipinski definition) is 6. The van der Waals surface area contributed by atoms with Gasteiger partial charge in [-0.15, -0.1) is 10.2 Å². The molecular weight excluding hydrogens is 349 g/mol. The molecule has 0 spiro atoms. The molecule has 0 unspecified atom stereocenters. The van der Waals surface area contributed by atoms with Crippen LogP contribution < -0.4 is 0 Å². The van der Waals surface area contributed by atoms with E-state index in [2.05, 4.69) is 20.3 Å². The van der Waals surface area contributed by atoms with Crippen molar-refractivity contribution in [2.75, 3.05) is 0 Å². The van der Waals surface area contributed by atoms with E-state index in [9.17, 15) is 13.2 Å². The molecule has 26 heavy (non-hydrogen) atoms. The highest BCUT2D eigenvalue weighted by atomic mass is 19.1. The van der Waals surface area contributed by atoms with Gasteiger partial charge in [0.1, 0.15) is 23.9 Å². The third kappa shape index (κ3) is 3.18. The van der Waals surface area contributed by atoms with Crippen LogP contribution in [0.2, 0.25) is 0 Å². The standard InChI is InChI=1S/C17H9F3N4O2/c18-10-5-9(6-11(19)7-10)17-23-22-15(25-17)8-14-21-16(24-26-14)12-3-1-2-4-13(12)20/h1-7H,8H2. The minimum Gasteiger partial charge on any atom is -0.420 e. The Morgan fingerprint density at radius 1 is 0.885 bits per heavy atom. The maximum Gasteiger partial charge on any atom is 0.247 e. The molecule has 130 valence electrons. The maximum absolute atomic E-state index is 13.7. The van der Waals surface area contributed by atoms with Crippen molar-refractivity contribution < 1.29 is 22.1 Å². The molecule has 2 aromatic carbocycles. The van der Waals surface area contributed by atoms with Crippen molar-refractivity contribution in [2.24, 2.45) is 0 Å². The molecule has 0 aliphatic rings. The van der Waals surface area contributed by atoms with Crippen molar-refractivity contribution in [3.63, 3.8) is 0 Å². The molecule has 0 bridgehead atoms. The fraction of sp³-hybridized carbons (Fsp3) is 0.0588. The Balaban J connectivity index is 1.56. The monoisotopic (exact) mass is 358 g/mol. The Hall–Kier alpha value is -3.49. The van der Waals surface area contributed by atoms with E-state index in [1.807, 2.05) is 0 Å². The topological polar surface area (TPSA) is 77.8 Å². The lowest BCUT2D eigenvalue weighted by molar-refractivity contribution is 0.373. The van der Waals surface area contributed by atoms with Crippen molar-refractivity contribution in [2.45, 2.75) is 6.42 Å². The number of aromatic nitrogens is 4. The van der Waals surface area contributed by atoms with E-state index in [0.29, 0.717) is 0 Å². The van der Waals surface area contributed by atoms with Crippen molar-refractivity contribution >= 4 is 0 Å². The Morgan fingerprint density at radius 2 is 1.65 bits per heavy atom. The van der Waals surface area contributed by atoms with Gasteiger partial charge in [0.2, 0.25) is 23.5 Å². The van der Waals surface area contributed by atoms with Crippen LogP contribution in [0.4, 0.5) is 13.2 Å². The van der Waals surface area contributed by atoms with Gasteiger partial charge in [0.25, 0.3) is 0 Å². The van der Waals surface area contributed by atoms with Crippen LogP contribution in [0.3, 0.4) is 0 Å².